The van der Waals surface area contributed by atoms with Gasteiger partial charge in [-0.05, 0) is 25.6 Å². The molecule has 3 aliphatic heterocycles. The van der Waals surface area contributed by atoms with Gasteiger partial charge in [-0.25, -0.2) is 13.8 Å². The summed E-state index contributed by atoms with van der Waals surface area (Å²) in [6, 6.07) is 0. The van der Waals surface area contributed by atoms with Crippen molar-refractivity contribution in [2.45, 2.75) is 51.2 Å². The van der Waals surface area contributed by atoms with Gasteiger partial charge in [0.2, 0.25) is 0 Å². The Hall–Kier alpha value is -2.64. The molecule has 8 heteroatoms. The molecule has 0 radical (unpaired) electrons. The van der Waals surface area contributed by atoms with Crippen LogP contribution in [0.3, 0.4) is 0 Å². The minimum Gasteiger partial charge on any atom is -0.381 e. The number of nitrogens with zero attached hydrogens (tertiary/aromatic N) is 2. The van der Waals surface area contributed by atoms with Crippen LogP contribution in [0.1, 0.15) is 33.6 Å². The molecule has 0 fully saturated rings. The Balaban J connectivity index is 1.72. The van der Waals surface area contributed by atoms with Crippen LogP contribution in [0.5, 0.6) is 0 Å². The zero-order valence-corrected chi connectivity index (χ0v) is 16.6. The van der Waals surface area contributed by atoms with Crippen molar-refractivity contribution in [3.63, 3.8) is 0 Å². The number of alkyl halides is 2. The molecule has 0 saturated carbocycles. The number of halogens is 2. The minimum absolute atomic E-state index is 0.0387. The lowest BCUT2D eigenvalue weighted by Gasteiger charge is -2.35. The normalized spacial score (nSPS) is 23.1. The van der Waals surface area contributed by atoms with E-state index in [1.54, 1.807) is 0 Å². The summed E-state index contributed by atoms with van der Waals surface area (Å²) in [6.07, 6.45) is 9.18. The van der Waals surface area contributed by atoms with Crippen LogP contribution in [-0.2, 0) is 0 Å². The molecule has 3 rings (SSSR count). The van der Waals surface area contributed by atoms with Gasteiger partial charge in [-0.2, -0.15) is 0 Å². The fourth-order valence-corrected chi connectivity index (χ4v) is 3.19. The van der Waals surface area contributed by atoms with Gasteiger partial charge in [0.25, 0.3) is 5.92 Å². The van der Waals surface area contributed by atoms with Crippen LogP contribution in [0.4, 0.5) is 8.78 Å². The van der Waals surface area contributed by atoms with E-state index in [4.69, 9.17) is 4.99 Å². The summed E-state index contributed by atoms with van der Waals surface area (Å²) in [5, 5.41) is 12.7. The van der Waals surface area contributed by atoms with Gasteiger partial charge >= 0.3 is 0 Å². The molecular weight excluding hydrogens is 362 g/mol. The Bertz CT molecular complexity index is 787. The number of nitrogens with one attached hydrogen (secondary N) is 4. The maximum atomic E-state index is 13.2. The lowest BCUT2D eigenvalue weighted by atomic mass is 9.94. The van der Waals surface area contributed by atoms with Gasteiger partial charge in [0.15, 0.2) is 5.84 Å². The van der Waals surface area contributed by atoms with Crippen LogP contribution in [0.15, 0.2) is 58.0 Å². The first kappa shape index (κ1) is 20.1. The summed E-state index contributed by atoms with van der Waals surface area (Å²) in [4.78, 5) is 9.29. The molecule has 0 aromatic heterocycles. The summed E-state index contributed by atoms with van der Waals surface area (Å²) >= 11 is 0. The van der Waals surface area contributed by atoms with Crippen molar-refractivity contribution in [1.29, 1.82) is 0 Å². The van der Waals surface area contributed by atoms with Gasteiger partial charge < -0.3 is 21.3 Å². The third-order valence-corrected chi connectivity index (χ3v) is 5.15. The third kappa shape index (κ3) is 4.43. The maximum absolute atomic E-state index is 13.2. The van der Waals surface area contributed by atoms with Crippen LogP contribution in [0.2, 0.25) is 0 Å². The number of fused-ring (bicyclic) bond motifs is 1. The van der Waals surface area contributed by atoms with E-state index in [1.807, 2.05) is 38.4 Å². The lowest BCUT2D eigenvalue weighted by molar-refractivity contribution is 0.0243. The molecule has 3 heterocycles. The van der Waals surface area contributed by atoms with Gasteiger partial charge in [-0.1, -0.05) is 19.6 Å². The molecule has 2 atom stereocenters. The van der Waals surface area contributed by atoms with Crippen LogP contribution in [0, 0.1) is 0 Å². The van der Waals surface area contributed by atoms with Crippen LogP contribution in [0.25, 0.3) is 0 Å². The van der Waals surface area contributed by atoms with E-state index in [9.17, 15) is 8.78 Å². The van der Waals surface area contributed by atoms with Crippen molar-refractivity contribution in [3.05, 3.63) is 48.0 Å². The van der Waals surface area contributed by atoms with Crippen LogP contribution < -0.4 is 21.3 Å². The summed E-state index contributed by atoms with van der Waals surface area (Å²) in [6.45, 7) is 8.96. The highest BCUT2D eigenvalue weighted by Crippen LogP contribution is 2.25. The van der Waals surface area contributed by atoms with E-state index < -0.39 is 18.0 Å². The molecule has 1 unspecified atom stereocenters. The molecule has 0 amide bonds. The molecular formula is C20H28F2N6. The SMILES string of the molecule is C=C(NCC(C)(F)F)[C@@](C)(CC)NC1=NC(C2=CNC3NC=CC=C23)=NCC1. The van der Waals surface area contributed by atoms with E-state index in [0.29, 0.717) is 30.9 Å². The number of allylic oxidation sites excluding steroid dienone is 2. The fraction of sp³-hybridized carbons (Fsp3) is 0.500. The zero-order chi connectivity index (χ0) is 20.4. The van der Waals surface area contributed by atoms with Crippen molar-refractivity contribution in [1.82, 2.24) is 21.3 Å². The van der Waals surface area contributed by atoms with E-state index >= 15 is 0 Å². The molecule has 0 aliphatic carbocycles. The molecule has 0 aromatic carbocycles. The molecule has 3 aliphatic rings. The minimum atomic E-state index is -2.80. The molecule has 4 N–H and O–H groups in total. The van der Waals surface area contributed by atoms with Crippen molar-refractivity contribution in [2.24, 2.45) is 9.98 Å². The second-order valence-electron chi connectivity index (χ2n) is 7.53. The van der Waals surface area contributed by atoms with E-state index in [2.05, 4.69) is 32.8 Å². The Morgan fingerprint density at radius 2 is 2.14 bits per heavy atom. The van der Waals surface area contributed by atoms with E-state index in [0.717, 1.165) is 23.9 Å². The molecule has 0 saturated heterocycles. The van der Waals surface area contributed by atoms with Crippen molar-refractivity contribution in [2.75, 3.05) is 13.1 Å². The Kier molecular flexibility index (Phi) is 5.58. The second kappa shape index (κ2) is 7.77. The van der Waals surface area contributed by atoms with Crippen molar-refractivity contribution >= 4 is 11.7 Å². The van der Waals surface area contributed by atoms with Gasteiger partial charge in [0.1, 0.15) is 12.0 Å². The summed E-state index contributed by atoms with van der Waals surface area (Å²) in [5.41, 5.74) is 1.99. The zero-order valence-electron chi connectivity index (χ0n) is 16.6. The molecule has 0 spiro atoms. The lowest BCUT2D eigenvalue weighted by Crippen LogP contribution is -2.52. The Labute approximate surface area is 164 Å². The van der Waals surface area contributed by atoms with Crippen LogP contribution >= 0.6 is 0 Å². The predicted molar refractivity (Wildman–Crippen MR) is 109 cm³/mol. The molecule has 0 bridgehead atoms. The van der Waals surface area contributed by atoms with Gasteiger partial charge in [-0.15, -0.1) is 0 Å². The standard InChI is InChI=1S/C20H28F2N6/c1-5-19(3,13(2)26-12-20(4,21)22)28-16-8-10-24-18(27-16)15-11-25-17-14(15)7-6-9-23-17/h6-7,9,11,17,23,25-26H,2,5,8,10,12H2,1,3-4H3,(H,24,27,28)/t17?,19-/m1/s1. The van der Waals surface area contributed by atoms with Gasteiger partial charge in [0, 0.05) is 42.9 Å². The average molecular weight is 390 g/mol. The number of dihydropyridines is 1. The first-order valence-corrected chi connectivity index (χ1v) is 9.53. The first-order valence-electron chi connectivity index (χ1n) is 9.53. The second-order valence-corrected chi connectivity index (χ2v) is 7.53. The highest BCUT2D eigenvalue weighted by atomic mass is 19.3. The molecule has 0 aromatic rings. The third-order valence-electron chi connectivity index (χ3n) is 5.15. The number of hydrogen-bond acceptors (Lipinski definition) is 6. The maximum Gasteiger partial charge on any atom is 0.262 e. The quantitative estimate of drug-likeness (QED) is 0.539. The summed E-state index contributed by atoms with van der Waals surface area (Å²) in [5.74, 6) is -1.34. The first-order chi connectivity index (χ1) is 13.2. The van der Waals surface area contributed by atoms with E-state index in [-0.39, 0.29) is 6.17 Å². The monoisotopic (exact) mass is 390 g/mol. The Morgan fingerprint density at radius 3 is 2.86 bits per heavy atom. The van der Waals surface area contributed by atoms with E-state index in [1.165, 1.54) is 0 Å². The number of rotatable bonds is 7. The molecule has 28 heavy (non-hydrogen) atoms. The van der Waals surface area contributed by atoms with Crippen molar-refractivity contribution in [3.8, 4) is 0 Å². The largest absolute Gasteiger partial charge is 0.381 e. The molecule has 152 valence electrons. The summed E-state index contributed by atoms with van der Waals surface area (Å²) < 4.78 is 26.4. The highest BCUT2D eigenvalue weighted by Gasteiger charge is 2.31. The summed E-state index contributed by atoms with van der Waals surface area (Å²) in [7, 11) is 0. The van der Waals surface area contributed by atoms with Gasteiger partial charge in [0.05, 0.1) is 12.1 Å². The highest BCUT2D eigenvalue weighted by molar-refractivity contribution is 6.10. The van der Waals surface area contributed by atoms with Crippen LogP contribution in [-0.4, -0.2) is 42.4 Å². The van der Waals surface area contributed by atoms with Gasteiger partial charge in [-0.3, -0.25) is 4.99 Å². The predicted octanol–water partition coefficient (Wildman–Crippen LogP) is 2.56. The fourth-order valence-electron chi connectivity index (χ4n) is 3.19. The average Bonchev–Trinajstić information content (AvgIpc) is 3.09. The number of hydrogen-bond donors (Lipinski definition) is 4. The Morgan fingerprint density at radius 1 is 1.36 bits per heavy atom. The molecule has 6 nitrogen and oxygen atoms in total. The number of amidine groups is 2. The number of aliphatic imine (C=N–C) groups is 2. The topological polar surface area (TPSA) is 72.8 Å². The van der Waals surface area contributed by atoms with Crippen molar-refractivity contribution < 1.29 is 8.78 Å². The smallest absolute Gasteiger partial charge is 0.262 e.